The van der Waals surface area contributed by atoms with Crippen molar-refractivity contribution < 1.29 is 32.8 Å². The van der Waals surface area contributed by atoms with Crippen molar-refractivity contribution in [3.63, 3.8) is 0 Å². The summed E-state index contributed by atoms with van der Waals surface area (Å²) in [5.41, 5.74) is 4.75. The fraction of sp³-hybridized carbons (Fsp3) is 0.889. The van der Waals surface area contributed by atoms with Gasteiger partial charge in [0.05, 0.1) is 0 Å². The molecule has 8 nitrogen and oxygen atoms in total. The van der Waals surface area contributed by atoms with Crippen LogP contribution in [0.15, 0.2) is 0 Å². The SMILES string of the molecule is C[N+](C)(C)CCO[PH](O)(O)OCCCOC(N)=O. The molecule has 0 unspecified atom stereocenters. The summed E-state index contributed by atoms with van der Waals surface area (Å²) in [5, 5.41) is 0. The van der Waals surface area contributed by atoms with E-state index in [9.17, 15) is 14.6 Å². The molecular formula is C9H24N2O6P+. The molecule has 0 radical (unpaired) electrons. The minimum absolute atomic E-state index is 0.0247. The molecule has 0 aromatic heterocycles. The molecule has 0 aliphatic rings. The van der Waals surface area contributed by atoms with Gasteiger partial charge in [-0.15, -0.1) is 0 Å². The Labute approximate surface area is 107 Å². The van der Waals surface area contributed by atoms with Crippen molar-refractivity contribution in [2.75, 3.05) is 47.5 Å². The first kappa shape index (κ1) is 17.5. The second-order valence-corrected chi connectivity index (χ2v) is 6.45. The van der Waals surface area contributed by atoms with E-state index in [0.717, 1.165) is 0 Å². The number of hydrogen-bond acceptors (Lipinski definition) is 6. The number of carbonyl (C=O) groups excluding carboxylic acids is 1. The average Bonchev–Trinajstić information content (AvgIpc) is 2.13. The molecule has 9 heteroatoms. The normalized spacial score (nSPS) is 13.4. The second kappa shape index (κ2) is 7.83. The van der Waals surface area contributed by atoms with Crippen LogP contribution in [0.25, 0.3) is 0 Å². The van der Waals surface area contributed by atoms with Gasteiger partial charge in [0, 0.05) is 0 Å². The first-order chi connectivity index (χ1) is 8.12. The van der Waals surface area contributed by atoms with E-state index in [-0.39, 0.29) is 19.8 Å². The molecule has 0 saturated heterocycles. The molecule has 0 aromatic carbocycles. The predicted molar refractivity (Wildman–Crippen MR) is 67.7 cm³/mol. The summed E-state index contributed by atoms with van der Waals surface area (Å²) in [5.74, 6) is 0. The minimum atomic E-state index is -4.06. The van der Waals surface area contributed by atoms with Gasteiger partial charge in [-0.3, -0.25) is 0 Å². The number of primary amides is 1. The zero-order valence-electron chi connectivity index (χ0n) is 11.1. The third-order valence-electron chi connectivity index (χ3n) is 1.88. The molecule has 0 aliphatic heterocycles. The Hall–Kier alpha value is -0.500. The van der Waals surface area contributed by atoms with Crippen LogP contribution in [0.2, 0.25) is 0 Å². The van der Waals surface area contributed by atoms with Gasteiger partial charge in [-0.2, -0.15) is 0 Å². The number of likely N-dealkylation sites (N-methyl/N-ethyl adjacent to an activating group) is 1. The van der Waals surface area contributed by atoms with Gasteiger partial charge in [0.25, 0.3) is 0 Å². The van der Waals surface area contributed by atoms with Crippen molar-refractivity contribution in [2.45, 2.75) is 6.42 Å². The number of carbonyl (C=O) groups is 1. The van der Waals surface area contributed by atoms with Crippen molar-refractivity contribution in [2.24, 2.45) is 5.73 Å². The molecule has 0 bridgehead atoms. The van der Waals surface area contributed by atoms with Gasteiger partial charge in [-0.05, 0) is 0 Å². The molecule has 0 atom stereocenters. The number of nitrogens with two attached hydrogens (primary N) is 1. The summed E-state index contributed by atoms with van der Waals surface area (Å²) in [6.07, 6.45) is -0.553. The number of hydrogen-bond donors (Lipinski definition) is 3. The van der Waals surface area contributed by atoms with Crippen LogP contribution >= 0.6 is 8.17 Å². The fourth-order valence-corrected chi connectivity index (χ4v) is 1.78. The molecule has 0 saturated carbocycles. The number of ether oxygens (including phenoxy) is 1. The van der Waals surface area contributed by atoms with Gasteiger partial charge in [-0.1, -0.05) is 0 Å². The van der Waals surface area contributed by atoms with Gasteiger partial charge in [0.15, 0.2) is 0 Å². The van der Waals surface area contributed by atoms with E-state index in [1.54, 1.807) is 0 Å². The second-order valence-electron chi connectivity index (χ2n) is 4.78. The molecule has 4 N–H and O–H groups in total. The van der Waals surface area contributed by atoms with E-state index in [2.05, 4.69) is 4.74 Å². The maximum atomic E-state index is 10.2. The Kier molecular flexibility index (Phi) is 7.61. The molecule has 1 amide bonds. The van der Waals surface area contributed by atoms with Gasteiger partial charge in [-0.25, -0.2) is 0 Å². The van der Waals surface area contributed by atoms with Gasteiger partial charge < -0.3 is 0 Å². The van der Waals surface area contributed by atoms with E-state index < -0.39 is 14.3 Å². The summed E-state index contributed by atoms with van der Waals surface area (Å²) >= 11 is 0. The molecular weight excluding hydrogens is 263 g/mol. The summed E-state index contributed by atoms with van der Waals surface area (Å²) in [6.45, 7) is 0.917. The van der Waals surface area contributed by atoms with E-state index in [1.165, 1.54) is 0 Å². The van der Waals surface area contributed by atoms with Crippen molar-refractivity contribution in [1.82, 2.24) is 0 Å². The molecule has 18 heavy (non-hydrogen) atoms. The maximum absolute atomic E-state index is 10.2. The predicted octanol–water partition coefficient (Wildman–Crippen LogP) is -0.394. The molecule has 0 spiro atoms. The Morgan fingerprint density at radius 3 is 2.22 bits per heavy atom. The van der Waals surface area contributed by atoms with Crippen LogP contribution in [0.1, 0.15) is 6.42 Å². The standard InChI is InChI=1S/C9H23N2O6P/c1-11(2,3)5-8-17-18(13,14)16-7-4-6-15-9(10)12/h13-14,18H,4-8H2,1-3H3,(H-,10,12)/p+1. The number of rotatable bonds is 9. The van der Waals surface area contributed by atoms with Crippen LogP contribution in [-0.2, 0) is 13.8 Å². The van der Waals surface area contributed by atoms with Crippen LogP contribution in [0.3, 0.4) is 0 Å². The van der Waals surface area contributed by atoms with Crippen LogP contribution in [0.5, 0.6) is 0 Å². The average molecular weight is 287 g/mol. The Morgan fingerprint density at radius 2 is 1.72 bits per heavy atom. The summed E-state index contributed by atoms with van der Waals surface area (Å²) in [4.78, 5) is 29.1. The van der Waals surface area contributed by atoms with Crippen LogP contribution < -0.4 is 5.73 Å². The zero-order valence-corrected chi connectivity index (χ0v) is 12.1. The Bertz CT molecular complexity index is 256. The number of nitrogens with zero attached hydrogens (tertiary/aromatic N) is 1. The van der Waals surface area contributed by atoms with Crippen LogP contribution in [0, 0.1) is 0 Å². The van der Waals surface area contributed by atoms with Crippen molar-refractivity contribution in [3.05, 3.63) is 0 Å². The summed E-state index contributed by atoms with van der Waals surface area (Å²) < 4.78 is 14.8. The molecule has 0 heterocycles. The zero-order chi connectivity index (χ0) is 14.2. The van der Waals surface area contributed by atoms with E-state index in [4.69, 9.17) is 14.8 Å². The van der Waals surface area contributed by atoms with Crippen molar-refractivity contribution in [3.8, 4) is 0 Å². The molecule has 0 rings (SSSR count). The van der Waals surface area contributed by atoms with E-state index in [0.29, 0.717) is 17.4 Å². The first-order valence-corrected chi connectivity index (χ1v) is 7.29. The van der Waals surface area contributed by atoms with E-state index in [1.807, 2.05) is 21.1 Å². The third-order valence-corrected chi connectivity index (χ3v) is 3.04. The first-order valence-electron chi connectivity index (χ1n) is 5.58. The van der Waals surface area contributed by atoms with Crippen LogP contribution in [0.4, 0.5) is 4.79 Å². The van der Waals surface area contributed by atoms with Crippen molar-refractivity contribution >= 4 is 14.3 Å². The molecule has 0 aromatic rings. The molecule has 110 valence electrons. The topological polar surface area (TPSA) is 111 Å². The fourth-order valence-electron chi connectivity index (χ4n) is 0.931. The van der Waals surface area contributed by atoms with Gasteiger partial charge in [0.2, 0.25) is 0 Å². The Morgan fingerprint density at radius 1 is 1.17 bits per heavy atom. The summed E-state index contributed by atoms with van der Waals surface area (Å²) in [6, 6.07) is 0. The van der Waals surface area contributed by atoms with Crippen LogP contribution in [-0.4, -0.2) is 67.9 Å². The third kappa shape index (κ3) is 12.0. The monoisotopic (exact) mass is 287 g/mol. The quantitative estimate of drug-likeness (QED) is 0.302. The van der Waals surface area contributed by atoms with Gasteiger partial charge in [0.1, 0.15) is 0 Å². The van der Waals surface area contributed by atoms with Crippen molar-refractivity contribution in [1.29, 1.82) is 0 Å². The Balaban J connectivity index is 3.64. The number of amides is 1. The molecule has 0 aliphatic carbocycles. The molecule has 0 fully saturated rings. The van der Waals surface area contributed by atoms with Gasteiger partial charge >= 0.3 is 107 Å². The van der Waals surface area contributed by atoms with E-state index >= 15 is 0 Å². The number of quaternary nitrogens is 1. The summed E-state index contributed by atoms with van der Waals surface area (Å²) in [7, 11) is 1.82.